The molecule has 1 atom stereocenters. The minimum absolute atomic E-state index is 0. The molecular weight excluding hydrogens is 311 g/mol. The molecule has 1 aromatic heterocycles. The number of furan rings is 1. The van der Waals surface area contributed by atoms with Crippen LogP contribution in [0.25, 0.3) is 0 Å². The average Bonchev–Trinajstić information content (AvgIpc) is 2.91. The van der Waals surface area contributed by atoms with Crippen molar-refractivity contribution in [2.45, 2.75) is 82.6 Å². The summed E-state index contributed by atoms with van der Waals surface area (Å²) in [7, 11) is -4.47. The molecule has 0 bridgehead atoms. The summed E-state index contributed by atoms with van der Waals surface area (Å²) in [6.45, 7) is 4.22. The topological polar surface area (TPSA) is 70.3 Å². The molecule has 0 saturated carbocycles. The predicted octanol–water partition coefficient (Wildman–Crippen LogP) is 1.82. The van der Waals surface area contributed by atoms with E-state index in [9.17, 15) is 13.0 Å². The Morgan fingerprint density at radius 2 is 1.59 bits per heavy atom. The monoisotopic (exact) mass is 338 g/mol. The van der Waals surface area contributed by atoms with Gasteiger partial charge in [-0.1, -0.05) is 65.2 Å². The van der Waals surface area contributed by atoms with Crippen molar-refractivity contribution >= 4 is 10.1 Å². The van der Waals surface area contributed by atoms with Crippen molar-refractivity contribution in [1.29, 1.82) is 0 Å². The molecule has 1 aromatic rings. The van der Waals surface area contributed by atoms with Gasteiger partial charge in [0.25, 0.3) is 0 Å². The minimum Gasteiger partial charge on any atom is -0.742 e. The summed E-state index contributed by atoms with van der Waals surface area (Å²) in [4.78, 5) is 0. The van der Waals surface area contributed by atoms with E-state index >= 15 is 0 Å². The average molecular weight is 338 g/mol. The smallest absolute Gasteiger partial charge is 0.742 e. The van der Waals surface area contributed by atoms with Crippen molar-refractivity contribution in [3.63, 3.8) is 0 Å². The third-order valence-electron chi connectivity index (χ3n) is 3.82. The fourth-order valence-electron chi connectivity index (χ4n) is 2.46. The van der Waals surface area contributed by atoms with Crippen LogP contribution in [-0.4, -0.2) is 13.0 Å². The van der Waals surface area contributed by atoms with Crippen LogP contribution >= 0.6 is 0 Å². The molecule has 122 valence electrons. The van der Waals surface area contributed by atoms with Crippen LogP contribution in [0.4, 0.5) is 0 Å². The second-order valence-corrected chi connectivity index (χ2v) is 7.09. The molecule has 0 aliphatic rings. The molecule has 4 nitrogen and oxygen atoms in total. The molecule has 1 rings (SSSR count). The van der Waals surface area contributed by atoms with Gasteiger partial charge in [0.1, 0.15) is 5.76 Å². The number of hydrogen-bond acceptors (Lipinski definition) is 4. The number of rotatable bonds is 11. The van der Waals surface area contributed by atoms with Crippen LogP contribution in [-0.2, 0) is 10.1 Å². The van der Waals surface area contributed by atoms with Crippen molar-refractivity contribution in [3.05, 3.63) is 17.9 Å². The van der Waals surface area contributed by atoms with Crippen LogP contribution in [0.1, 0.15) is 83.3 Å². The second-order valence-electron chi connectivity index (χ2n) is 5.78. The summed E-state index contributed by atoms with van der Waals surface area (Å²) in [6.07, 6.45) is 11.1. The summed E-state index contributed by atoms with van der Waals surface area (Å²) >= 11 is 0. The van der Waals surface area contributed by atoms with E-state index in [0.717, 1.165) is 12.8 Å². The third-order valence-corrected chi connectivity index (χ3v) is 4.54. The van der Waals surface area contributed by atoms with Gasteiger partial charge in [-0.2, -0.15) is 0 Å². The van der Waals surface area contributed by atoms with Gasteiger partial charge in [-0.25, -0.2) is 8.42 Å². The van der Waals surface area contributed by atoms with Crippen LogP contribution in [0, 0.1) is 0 Å². The van der Waals surface area contributed by atoms with E-state index in [4.69, 9.17) is 4.42 Å². The standard InChI is InChI=1S/C16H28O4S.Na/c1-3-4-5-6-7-8-9-10-11-14(2)15-12-13-16(20-15)21(17,18)19;/h12-14H,3-11H2,1-2H3,(H,17,18,19);/q;+1/p-1. The van der Waals surface area contributed by atoms with Crippen LogP contribution < -0.4 is 29.6 Å². The Morgan fingerprint density at radius 1 is 1.05 bits per heavy atom. The fraction of sp³-hybridized carbons (Fsp3) is 0.750. The van der Waals surface area contributed by atoms with E-state index in [0.29, 0.717) is 5.76 Å². The van der Waals surface area contributed by atoms with E-state index in [1.165, 1.54) is 51.0 Å². The van der Waals surface area contributed by atoms with Crippen LogP contribution in [0.5, 0.6) is 0 Å². The van der Waals surface area contributed by atoms with Crippen LogP contribution in [0.2, 0.25) is 0 Å². The molecule has 1 heterocycles. The normalized spacial score (nSPS) is 12.9. The molecule has 6 heteroatoms. The summed E-state index contributed by atoms with van der Waals surface area (Å²) < 4.78 is 37.6. The summed E-state index contributed by atoms with van der Waals surface area (Å²) in [5.74, 6) is 0.743. The number of unbranched alkanes of at least 4 members (excludes halogenated alkanes) is 7. The molecule has 1 unspecified atom stereocenters. The maximum atomic E-state index is 10.8. The first-order chi connectivity index (χ1) is 9.95. The largest absolute Gasteiger partial charge is 1.00 e. The predicted molar refractivity (Wildman–Crippen MR) is 82.3 cm³/mol. The van der Waals surface area contributed by atoms with Gasteiger partial charge >= 0.3 is 29.6 Å². The van der Waals surface area contributed by atoms with Gasteiger partial charge in [-0.15, -0.1) is 0 Å². The molecule has 0 amide bonds. The van der Waals surface area contributed by atoms with Crippen molar-refractivity contribution in [2.75, 3.05) is 0 Å². The molecule has 0 radical (unpaired) electrons. The van der Waals surface area contributed by atoms with Gasteiger partial charge in [-0.05, 0) is 18.6 Å². The van der Waals surface area contributed by atoms with Gasteiger partial charge in [-0.3, -0.25) is 0 Å². The maximum absolute atomic E-state index is 10.8. The summed E-state index contributed by atoms with van der Waals surface area (Å²) in [6, 6.07) is 2.85. The first-order valence-corrected chi connectivity index (χ1v) is 9.41. The minimum atomic E-state index is -4.47. The molecule has 0 aliphatic carbocycles. The molecule has 0 fully saturated rings. The first-order valence-electron chi connectivity index (χ1n) is 8.00. The zero-order valence-corrected chi connectivity index (χ0v) is 17.0. The SMILES string of the molecule is CCCCCCCCCCC(C)c1ccc(S(=O)(=O)[O-])o1.[Na+]. The molecule has 0 aliphatic heterocycles. The Morgan fingerprint density at radius 3 is 2.09 bits per heavy atom. The molecule has 22 heavy (non-hydrogen) atoms. The van der Waals surface area contributed by atoms with E-state index in [1.54, 1.807) is 6.07 Å². The van der Waals surface area contributed by atoms with Crippen LogP contribution in [0.3, 0.4) is 0 Å². The first kappa shape index (κ1) is 22.2. The Bertz CT molecular complexity index is 496. The van der Waals surface area contributed by atoms with Crippen molar-refractivity contribution < 1.29 is 46.9 Å². The van der Waals surface area contributed by atoms with Crippen LogP contribution in [0.15, 0.2) is 21.6 Å². The van der Waals surface area contributed by atoms with Crippen molar-refractivity contribution in [3.8, 4) is 0 Å². The Balaban J connectivity index is 0.00000441. The fourth-order valence-corrected chi connectivity index (χ4v) is 2.89. The molecule has 0 saturated heterocycles. The van der Waals surface area contributed by atoms with Gasteiger partial charge in [0.2, 0.25) is 5.09 Å². The Hall–Kier alpha value is 0.190. The second kappa shape index (κ2) is 11.7. The van der Waals surface area contributed by atoms with E-state index < -0.39 is 15.2 Å². The van der Waals surface area contributed by atoms with Crippen molar-refractivity contribution in [2.24, 2.45) is 0 Å². The van der Waals surface area contributed by atoms with Crippen molar-refractivity contribution in [1.82, 2.24) is 0 Å². The molecular formula is C16H27NaO4S. The summed E-state index contributed by atoms with van der Waals surface area (Å²) in [5, 5.41) is -0.472. The molecule has 0 N–H and O–H groups in total. The van der Waals surface area contributed by atoms with Gasteiger partial charge in [0, 0.05) is 5.92 Å². The van der Waals surface area contributed by atoms with Gasteiger partial charge in [0.15, 0.2) is 10.1 Å². The molecule has 0 aromatic carbocycles. The number of hydrogen-bond donors (Lipinski definition) is 0. The zero-order valence-electron chi connectivity index (χ0n) is 14.1. The van der Waals surface area contributed by atoms with Gasteiger partial charge in [0.05, 0.1) is 0 Å². The van der Waals surface area contributed by atoms with E-state index in [1.807, 2.05) is 6.92 Å². The quantitative estimate of drug-likeness (QED) is 0.351. The zero-order chi connectivity index (χ0) is 15.7. The third kappa shape index (κ3) is 8.73. The Labute approximate surface area is 157 Å². The summed E-state index contributed by atoms with van der Waals surface area (Å²) in [5.41, 5.74) is 0. The Kier molecular flexibility index (Phi) is 11.8. The van der Waals surface area contributed by atoms with E-state index in [-0.39, 0.29) is 35.5 Å². The van der Waals surface area contributed by atoms with E-state index in [2.05, 4.69) is 6.92 Å². The maximum Gasteiger partial charge on any atom is 1.00 e. The van der Waals surface area contributed by atoms with Gasteiger partial charge < -0.3 is 8.97 Å². The molecule has 0 spiro atoms.